The van der Waals surface area contributed by atoms with E-state index in [9.17, 15) is 4.79 Å². The van der Waals surface area contributed by atoms with Gasteiger partial charge in [-0.3, -0.25) is 4.79 Å². The van der Waals surface area contributed by atoms with Gasteiger partial charge in [0.2, 0.25) is 11.9 Å². The summed E-state index contributed by atoms with van der Waals surface area (Å²) in [6.45, 7) is 6.11. The van der Waals surface area contributed by atoms with Gasteiger partial charge in [0, 0.05) is 45.1 Å². The quantitative estimate of drug-likeness (QED) is 0.811. The third-order valence-corrected chi connectivity index (χ3v) is 3.20. The van der Waals surface area contributed by atoms with E-state index in [2.05, 4.69) is 15.3 Å². The Morgan fingerprint density at radius 2 is 2.00 bits per heavy atom. The van der Waals surface area contributed by atoms with Gasteiger partial charge in [-0.25, -0.2) is 9.97 Å². The molecular formula is C13H21N5O. The molecule has 6 nitrogen and oxygen atoms in total. The number of aromatic nitrogens is 2. The first-order valence-electron chi connectivity index (χ1n) is 6.50. The standard InChI is InChI=1S/C13H21N5O/c1-9-7-10(2)16-13(15-9)18-6-5-14-8-11(18)12(19)17(3)4/h7,11,14H,5-6,8H2,1-4H3. The van der Waals surface area contributed by atoms with Gasteiger partial charge >= 0.3 is 0 Å². The van der Waals surface area contributed by atoms with E-state index < -0.39 is 0 Å². The average Bonchev–Trinajstić information content (AvgIpc) is 2.36. The smallest absolute Gasteiger partial charge is 0.246 e. The summed E-state index contributed by atoms with van der Waals surface area (Å²) in [6, 6.07) is 1.71. The molecule has 0 aromatic carbocycles. The second-order valence-corrected chi connectivity index (χ2v) is 5.10. The Bertz CT molecular complexity index is 454. The van der Waals surface area contributed by atoms with Crippen molar-refractivity contribution in [1.29, 1.82) is 0 Å². The highest BCUT2D eigenvalue weighted by atomic mass is 16.2. The Morgan fingerprint density at radius 1 is 1.37 bits per heavy atom. The number of rotatable bonds is 2. The number of carbonyl (C=O) groups excluding carboxylic acids is 1. The third kappa shape index (κ3) is 3.01. The maximum atomic E-state index is 12.2. The maximum absolute atomic E-state index is 12.2. The molecule has 2 heterocycles. The molecule has 1 aliphatic heterocycles. The molecule has 1 unspecified atom stereocenters. The van der Waals surface area contributed by atoms with Gasteiger partial charge in [-0.15, -0.1) is 0 Å². The van der Waals surface area contributed by atoms with Crippen LogP contribution in [-0.2, 0) is 4.79 Å². The molecule has 6 heteroatoms. The maximum Gasteiger partial charge on any atom is 0.246 e. The molecule has 1 saturated heterocycles. The predicted octanol–water partition coefficient (Wildman–Crippen LogP) is -0.0402. The zero-order valence-corrected chi connectivity index (χ0v) is 12.0. The topological polar surface area (TPSA) is 61.4 Å². The minimum absolute atomic E-state index is 0.0787. The van der Waals surface area contributed by atoms with Crippen molar-refractivity contribution in [2.24, 2.45) is 0 Å². The first-order chi connectivity index (χ1) is 8.99. The Hall–Kier alpha value is -1.69. The molecule has 104 valence electrons. The van der Waals surface area contributed by atoms with Crippen molar-refractivity contribution < 1.29 is 4.79 Å². The summed E-state index contributed by atoms with van der Waals surface area (Å²) in [5.74, 6) is 0.731. The first-order valence-corrected chi connectivity index (χ1v) is 6.50. The van der Waals surface area contributed by atoms with Crippen LogP contribution in [0.25, 0.3) is 0 Å². The second-order valence-electron chi connectivity index (χ2n) is 5.10. The van der Waals surface area contributed by atoms with Gasteiger partial charge < -0.3 is 15.1 Å². The molecule has 0 bridgehead atoms. The number of hydrogen-bond acceptors (Lipinski definition) is 5. The lowest BCUT2D eigenvalue weighted by molar-refractivity contribution is -0.130. The fourth-order valence-corrected chi connectivity index (χ4v) is 2.30. The summed E-state index contributed by atoms with van der Waals surface area (Å²) in [4.78, 5) is 24.8. The van der Waals surface area contributed by atoms with Crippen molar-refractivity contribution in [3.8, 4) is 0 Å². The monoisotopic (exact) mass is 263 g/mol. The molecule has 0 saturated carbocycles. The number of anilines is 1. The number of aryl methyl sites for hydroxylation is 2. The van der Waals surface area contributed by atoms with Crippen LogP contribution in [0.3, 0.4) is 0 Å². The largest absolute Gasteiger partial charge is 0.347 e. The summed E-state index contributed by atoms with van der Waals surface area (Å²) in [5.41, 5.74) is 1.86. The van der Waals surface area contributed by atoms with Crippen molar-refractivity contribution >= 4 is 11.9 Å². The Morgan fingerprint density at radius 3 is 2.58 bits per heavy atom. The molecule has 1 amide bonds. The van der Waals surface area contributed by atoms with Crippen molar-refractivity contribution in [3.63, 3.8) is 0 Å². The molecule has 1 atom stereocenters. The average molecular weight is 263 g/mol. The number of piperazine rings is 1. The second kappa shape index (κ2) is 5.52. The zero-order chi connectivity index (χ0) is 14.0. The first kappa shape index (κ1) is 13.7. The van der Waals surface area contributed by atoms with Gasteiger partial charge in [0.25, 0.3) is 0 Å². The van der Waals surface area contributed by atoms with Gasteiger partial charge in [0.15, 0.2) is 0 Å². The highest BCUT2D eigenvalue weighted by Gasteiger charge is 2.31. The molecule has 1 N–H and O–H groups in total. The molecule has 1 fully saturated rings. The lowest BCUT2D eigenvalue weighted by atomic mass is 10.1. The molecule has 19 heavy (non-hydrogen) atoms. The van der Waals surface area contributed by atoms with Crippen molar-refractivity contribution in [1.82, 2.24) is 20.2 Å². The van der Waals surface area contributed by atoms with Gasteiger partial charge in [-0.05, 0) is 19.9 Å². The molecule has 1 aliphatic rings. The van der Waals surface area contributed by atoms with E-state index in [4.69, 9.17) is 0 Å². The van der Waals surface area contributed by atoms with Crippen LogP contribution in [-0.4, -0.2) is 60.5 Å². The van der Waals surface area contributed by atoms with Gasteiger partial charge in [-0.1, -0.05) is 0 Å². The lowest BCUT2D eigenvalue weighted by Gasteiger charge is -2.36. The van der Waals surface area contributed by atoms with Crippen molar-refractivity contribution in [2.45, 2.75) is 19.9 Å². The molecule has 0 aliphatic carbocycles. The number of likely N-dealkylation sites (N-methyl/N-ethyl adjacent to an activating group) is 1. The Kier molecular flexibility index (Phi) is 3.99. The third-order valence-electron chi connectivity index (χ3n) is 3.20. The van der Waals surface area contributed by atoms with Crippen LogP contribution in [0.15, 0.2) is 6.07 Å². The van der Waals surface area contributed by atoms with Crippen LogP contribution in [0.5, 0.6) is 0 Å². The lowest BCUT2D eigenvalue weighted by Crippen LogP contribution is -2.58. The van der Waals surface area contributed by atoms with E-state index in [-0.39, 0.29) is 11.9 Å². The van der Waals surface area contributed by atoms with Crippen LogP contribution in [0, 0.1) is 13.8 Å². The summed E-state index contributed by atoms with van der Waals surface area (Å²) in [7, 11) is 3.55. The van der Waals surface area contributed by atoms with E-state index in [1.807, 2.05) is 24.8 Å². The molecule has 2 rings (SSSR count). The minimum atomic E-state index is -0.232. The summed E-state index contributed by atoms with van der Waals surface area (Å²) >= 11 is 0. The fraction of sp³-hybridized carbons (Fsp3) is 0.615. The van der Waals surface area contributed by atoms with E-state index in [0.717, 1.165) is 24.5 Å². The van der Waals surface area contributed by atoms with Crippen molar-refractivity contribution in [2.75, 3.05) is 38.6 Å². The molecule has 0 radical (unpaired) electrons. The number of nitrogens with one attached hydrogen (secondary N) is 1. The van der Waals surface area contributed by atoms with Crippen LogP contribution in [0.2, 0.25) is 0 Å². The highest BCUT2D eigenvalue weighted by molar-refractivity contribution is 5.85. The minimum Gasteiger partial charge on any atom is -0.347 e. The Labute approximate surface area is 113 Å². The molecule has 0 spiro atoms. The molecular weight excluding hydrogens is 242 g/mol. The van der Waals surface area contributed by atoms with Crippen LogP contribution in [0.1, 0.15) is 11.4 Å². The summed E-state index contributed by atoms with van der Waals surface area (Å²) in [5, 5.41) is 3.25. The number of nitrogens with zero attached hydrogens (tertiary/aromatic N) is 4. The fourth-order valence-electron chi connectivity index (χ4n) is 2.30. The Balaban J connectivity index is 2.31. The van der Waals surface area contributed by atoms with Gasteiger partial charge in [-0.2, -0.15) is 0 Å². The predicted molar refractivity (Wildman–Crippen MR) is 74.2 cm³/mol. The molecule has 1 aromatic rings. The van der Waals surface area contributed by atoms with Crippen LogP contribution >= 0.6 is 0 Å². The summed E-state index contributed by atoms with van der Waals surface area (Å²) in [6.07, 6.45) is 0. The van der Waals surface area contributed by atoms with E-state index >= 15 is 0 Å². The summed E-state index contributed by atoms with van der Waals surface area (Å²) < 4.78 is 0. The van der Waals surface area contributed by atoms with Gasteiger partial charge in [0.1, 0.15) is 6.04 Å². The number of carbonyl (C=O) groups is 1. The van der Waals surface area contributed by atoms with E-state index in [1.54, 1.807) is 19.0 Å². The normalized spacial score (nSPS) is 19.4. The van der Waals surface area contributed by atoms with E-state index in [1.165, 1.54) is 0 Å². The number of hydrogen-bond donors (Lipinski definition) is 1. The van der Waals surface area contributed by atoms with Crippen LogP contribution < -0.4 is 10.2 Å². The number of amides is 1. The van der Waals surface area contributed by atoms with Crippen LogP contribution in [0.4, 0.5) is 5.95 Å². The molecule has 1 aromatic heterocycles. The SMILES string of the molecule is Cc1cc(C)nc(N2CCNCC2C(=O)N(C)C)n1. The van der Waals surface area contributed by atoms with E-state index in [0.29, 0.717) is 12.5 Å². The zero-order valence-electron chi connectivity index (χ0n) is 12.0. The van der Waals surface area contributed by atoms with Crippen molar-refractivity contribution in [3.05, 3.63) is 17.5 Å². The van der Waals surface area contributed by atoms with Gasteiger partial charge in [0.05, 0.1) is 0 Å². The highest BCUT2D eigenvalue weighted by Crippen LogP contribution is 2.16.